The Morgan fingerprint density at radius 1 is 1.19 bits per heavy atom. The average molecular weight is 291 g/mol. The molecule has 1 fully saturated rings. The third-order valence-corrected chi connectivity index (χ3v) is 3.88. The molecule has 1 heterocycles. The molecular weight excluding hydrogens is 266 g/mol. The fourth-order valence-electron chi connectivity index (χ4n) is 2.42. The maximum absolute atomic E-state index is 12.2. The number of rotatable bonds is 5. The second-order valence-corrected chi connectivity index (χ2v) is 5.30. The molecule has 2 amide bonds. The number of aryl methyl sites for hydroxylation is 1. The van der Waals surface area contributed by atoms with Gasteiger partial charge in [0.25, 0.3) is 0 Å². The van der Waals surface area contributed by atoms with Gasteiger partial charge >= 0.3 is 6.03 Å². The van der Waals surface area contributed by atoms with Crippen LogP contribution in [0.3, 0.4) is 0 Å². The van der Waals surface area contributed by atoms with Crippen LogP contribution in [0.25, 0.3) is 0 Å². The van der Waals surface area contributed by atoms with Gasteiger partial charge in [-0.2, -0.15) is 0 Å². The molecule has 0 atom stereocenters. The Hall–Kier alpha value is -1.59. The van der Waals surface area contributed by atoms with E-state index in [4.69, 9.17) is 4.74 Å². The van der Waals surface area contributed by atoms with Crippen LogP contribution in [-0.2, 0) is 11.2 Å². The highest BCUT2D eigenvalue weighted by atomic mass is 16.5. The molecule has 1 N–H and O–H groups in total. The van der Waals surface area contributed by atoms with E-state index in [2.05, 4.69) is 29.3 Å². The van der Waals surface area contributed by atoms with Gasteiger partial charge in [0.05, 0.1) is 6.61 Å². The van der Waals surface area contributed by atoms with E-state index in [9.17, 15) is 4.79 Å². The third-order valence-electron chi connectivity index (χ3n) is 3.88. The summed E-state index contributed by atoms with van der Waals surface area (Å²) in [6.45, 7) is 7.15. The lowest BCUT2D eigenvalue weighted by molar-refractivity contribution is 0.109. The van der Waals surface area contributed by atoms with Crippen molar-refractivity contribution in [2.75, 3.05) is 51.8 Å². The van der Waals surface area contributed by atoms with Crippen LogP contribution in [0.15, 0.2) is 24.3 Å². The van der Waals surface area contributed by atoms with Gasteiger partial charge < -0.3 is 15.0 Å². The van der Waals surface area contributed by atoms with Crippen LogP contribution in [0.1, 0.15) is 12.5 Å². The highest BCUT2D eigenvalue weighted by Crippen LogP contribution is 2.11. The highest BCUT2D eigenvalue weighted by molar-refractivity contribution is 5.89. The topological polar surface area (TPSA) is 44.8 Å². The number of ether oxygens (including phenoxy) is 1. The summed E-state index contributed by atoms with van der Waals surface area (Å²) >= 11 is 0. The van der Waals surface area contributed by atoms with Crippen LogP contribution in [-0.4, -0.2) is 62.3 Å². The second kappa shape index (κ2) is 8.00. The summed E-state index contributed by atoms with van der Waals surface area (Å²) in [5.74, 6) is 0. The molecule has 1 saturated heterocycles. The summed E-state index contributed by atoms with van der Waals surface area (Å²) in [5, 5.41) is 2.96. The quantitative estimate of drug-likeness (QED) is 0.903. The molecule has 2 rings (SSSR count). The van der Waals surface area contributed by atoms with Crippen molar-refractivity contribution < 1.29 is 9.53 Å². The van der Waals surface area contributed by atoms with Crippen LogP contribution < -0.4 is 5.32 Å². The largest absolute Gasteiger partial charge is 0.383 e. The number of piperazine rings is 1. The number of methoxy groups -OCH3 is 1. The first-order chi connectivity index (χ1) is 10.2. The molecule has 1 aliphatic rings. The molecule has 1 aliphatic heterocycles. The number of urea groups is 1. The lowest BCUT2D eigenvalue weighted by Gasteiger charge is -2.34. The lowest BCUT2D eigenvalue weighted by Crippen LogP contribution is -2.50. The first-order valence-electron chi connectivity index (χ1n) is 7.59. The molecule has 0 aromatic heterocycles. The molecule has 0 aliphatic carbocycles. The smallest absolute Gasteiger partial charge is 0.321 e. The molecule has 0 saturated carbocycles. The van der Waals surface area contributed by atoms with E-state index in [-0.39, 0.29) is 6.03 Å². The van der Waals surface area contributed by atoms with Crippen molar-refractivity contribution >= 4 is 11.7 Å². The van der Waals surface area contributed by atoms with E-state index >= 15 is 0 Å². The van der Waals surface area contributed by atoms with E-state index in [0.29, 0.717) is 0 Å². The maximum Gasteiger partial charge on any atom is 0.321 e. The van der Waals surface area contributed by atoms with Crippen molar-refractivity contribution in [2.45, 2.75) is 13.3 Å². The maximum atomic E-state index is 12.2. The Bertz CT molecular complexity index is 439. The number of hydrogen-bond acceptors (Lipinski definition) is 3. The molecule has 21 heavy (non-hydrogen) atoms. The van der Waals surface area contributed by atoms with Crippen LogP contribution >= 0.6 is 0 Å². The molecule has 0 bridgehead atoms. The number of carbonyl (C=O) groups is 1. The van der Waals surface area contributed by atoms with Gasteiger partial charge in [0.2, 0.25) is 0 Å². The summed E-state index contributed by atoms with van der Waals surface area (Å²) < 4.78 is 5.08. The van der Waals surface area contributed by atoms with Gasteiger partial charge in [-0.15, -0.1) is 0 Å². The zero-order valence-corrected chi connectivity index (χ0v) is 13.0. The van der Waals surface area contributed by atoms with E-state index in [1.807, 2.05) is 17.0 Å². The molecular formula is C16H25N3O2. The van der Waals surface area contributed by atoms with Crippen LogP contribution in [0.5, 0.6) is 0 Å². The molecule has 0 radical (unpaired) electrons. The number of hydrogen-bond donors (Lipinski definition) is 1. The van der Waals surface area contributed by atoms with Crippen LogP contribution in [0.4, 0.5) is 10.5 Å². The monoisotopic (exact) mass is 291 g/mol. The molecule has 1 aromatic rings. The van der Waals surface area contributed by atoms with Gasteiger partial charge in [0, 0.05) is 45.5 Å². The average Bonchev–Trinajstić information content (AvgIpc) is 2.54. The summed E-state index contributed by atoms with van der Waals surface area (Å²) in [6, 6.07) is 8.03. The number of amides is 2. The number of anilines is 1. The molecule has 5 heteroatoms. The fourth-order valence-corrected chi connectivity index (χ4v) is 2.42. The third kappa shape index (κ3) is 4.72. The van der Waals surface area contributed by atoms with E-state index in [1.54, 1.807) is 7.11 Å². The van der Waals surface area contributed by atoms with Gasteiger partial charge in [0.1, 0.15) is 0 Å². The summed E-state index contributed by atoms with van der Waals surface area (Å²) in [7, 11) is 1.72. The zero-order chi connectivity index (χ0) is 15.1. The van der Waals surface area contributed by atoms with Gasteiger partial charge in [-0.3, -0.25) is 4.90 Å². The standard InChI is InChI=1S/C16H25N3O2/c1-3-14-4-6-15(7-5-14)17-16(20)19-10-8-18(9-11-19)12-13-21-2/h4-7H,3,8-13H2,1-2H3,(H,17,20). The van der Waals surface area contributed by atoms with E-state index in [1.165, 1.54) is 5.56 Å². The summed E-state index contributed by atoms with van der Waals surface area (Å²) in [5.41, 5.74) is 2.14. The highest BCUT2D eigenvalue weighted by Gasteiger charge is 2.20. The van der Waals surface area contributed by atoms with Gasteiger partial charge in [-0.05, 0) is 24.1 Å². The van der Waals surface area contributed by atoms with Crippen molar-refractivity contribution in [3.63, 3.8) is 0 Å². The normalized spacial score (nSPS) is 16.0. The SMILES string of the molecule is CCc1ccc(NC(=O)N2CCN(CCOC)CC2)cc1. The molecule has 5 nitrogen and oxygen atoms in total. The van der Waals surface area contributed by atoms with Crippen molar-refractivity contribution in [1.29, 1.82) is 0 Å². The molecule has 0 unspecified atom stereocenters. The number of benzene rings is 1. The summed E-state index contributed by atoms with van der Waals surface area (Å²) in [4.78, 5) is 16.4. The Morgan fingerprint density at radius 2 is 1.86 bits per heavy atom. The van der Waals surface area contributed by atoms with Gasteiger partial charge in [-0.1, -0.05) is 19.1 Å². The van der Waals surface area contributed by atoms with Crippen molar-refractivity contribution in [2.24, 2.45) is 0 Å². The van der Waals surface area contributed by atoms with E-state index < -0.39 is 0 Å². The first kappa shape index (κ1) is 15.8. The number of nitrogens with one attached hydrogen (secondary N) is 1. The fraction of sp³-hybridized carbons (Fsp3) is 0.562. The Labute approximate surface area is 126 Å². The lowest BCUT2D eigenvalue weighted by atomic mass is 10.1. The van der Waals surface area contributed by atoms with Gasteiger partial charge in [0.15, 0.2) is 0 Å². The van der Waals surface area contributed by atoms with E-state index in [0.717, 1.165) is 51.4 Å². The predicted octanol–water partition coefficient (Wildman–Crippen LogP) is 2.04. The van der Waals surface area contributed by atoms with Gasteiger partial charge in [-0.25, -0.2) is 4.79 Å². The number of carbonyl (C=O) groups excluding carboxylic acids is 1. The van der Waals surface area contributed by atoms with Crippen LogP contribution in [0.2, 0.25) is 0 Å². The van der Waals surface area contributed by atoms with Crippen molar-refractivity contribution in [1.82, 2.24) is 9.80 Å². The summed E-state index contributed by atoms with van der Waals surface area (Å²) in [6.07, 6.45) is 1.01. The first-order valence-corrected chi connectivity index (χ1v) is 7.59. The van der Waals surface area contributed by atoms with Crippen LogP contribution in [0, 0.1) is 0 Å². The Morgan fingerprint density at radius 3 is 2.43 bits per heavy atom. The molecule has 1 aromatic carbocycles. The second-order valence-electron chi connectivity index (χ2n) is 5.30. The Kier molecular flexibility index (Phi) is 6.02. The zero-order valence-electron chi connectivity index (χ0n) is 13.0. The minimum absolute atomic E-state index is 0.00867. The van der Waals surface area contributed by atoms with Crippen molar-refractivity contribution in [3.8, 4) is 0 Å². The minimum atomic E-state index is -0.00867. The Balaban J connectivity index is 1.78. The van der Waals surface area contributed by atoms with Crippen molar-refractivity contribution in [3.05, 3.63) is 29.8 Å². The predicted molar refractivity (Wildman–Crippen MR) is 84.7 cm³/mol. The number of nitrogens with zero attached hydrogens (tertiary/aromatic N) is 2. The molecule has 0 spiro atoms. The minimum Gasteiger partial charge on any atom is -0.383 e. The molecule has 116 valence electrons.